The number of benzene rings is 2. The molecular weight excluding hydrogens is 499 g/mol. The van der Waals surface area contributed by atoms with Crippen LogP contribution in [-0.2, 0) is 11.2 Å². The molecule has 1 aromatic heterocycles. The van der Waals surface area contributed by atoms with Crippen molar-refractivity contribution in [1.29, 1.82) is 0 Å². The smallest absolute Gasteiger partial charge is 0.258 e. The van der Waals surface area contributed by atoms with E-state index in [1.54, 1.807) is 6.07 Å². The Morgan fingerprint density at radius 1 is 1.21 bits per heavy atom. The second kappa shape index (κ2) is 8.58. The standard InChI is InChI=1S/C21H19IN4O2S/c1-2-13-7-3-6-10-17(13)26-12-14(11-18(26)27)20-24-25-21(29-20)23-19(28)15-8-4-5-9-16(15)22/h3-10,14H,2,11-12H2,1H3,(H,23,25,28). The van der Waals surface area contributed by atoms with E-state index in [0.717, 1.165) is 26.2 Å². The van der Waals surface area contributed by atoms with Crippen molar-refractivity contribution in [2.45, 2.75) is 25.7 Å². The summed E-state index contributed by atoms with van der Waals surface area (Å²) in [6.07, 6.45) is 1.27. The van der Waals surface area contributed by atoms with Crippen LogP contribution in [0.5, 0.6) is 0 Å². The molecule has 2 amide bonds. The molecule has 0 saturated carbocycles. The number of hydrogen-bond acceptors (Lipinski definition) is 5. The molecule has 1 atom stereocenters. The third-order valence-electron chi connectivity index (χ3n) is 4.92. The summed E-state index contributed by atoms with van der Waals surface area (Å²) >= 11 is 3.47. The molecule has 1 aliphatic heterocycles. The van der Waals surface area contributed by atoms with Crippen LogP contribution >= 0.6 is 33.9 Å². The fraction of sp³-hybridized carbons (Fsp3) is 0.238. The van der Waals surface area contributed by atoms with Gasteiger partial charge in [-0.2, -0.15) is 0 Å². The van der Waals surface area contributed by atoms with Crippen LogP contribution in [0.1, 0.15) is 40.2 Å². The van der Waals surface area contributed by atoms with Gasteiger partial charge < -0.3 is 4.90 Å². The average molecular weight is 518 g/mol. The molecule has 4 rings (SSSR count). The first kappa shape index (κ1) is 20.0. The summed E-state index contributed by atoms with van der Waals surface area (Å²) < 4.78 is 0.874. The molecule has 6 nitrogen and oxygen atoms in total. The van der Waals surface area contributed by atoms with Crippen LogP contribution in [0.2, 0.25) is 0 Å². The monoisotopic (exact) mass is 518 g/mol. The first-order chi connectivity index (χ1) is 14.1. The number of aromatic nitrogens is 2. The lowest BCUT2D eigenvalue weighted by atomic mass is 10.1. The quantitative estimate of drug-likeness (QED) is 0.506. The minimum absolute atomic E-state index is 0.0209. The highest BCUT2D eigenvalue weighted by atomic mass is 127. The molecule has 29 heavy (non-hydrogen) atoms. The van der Waals surface area contributed by atoms with E-state index in [-0.39, 0.29) is 17.7 Å². The molecular formula is C21H19IN4O2S. The number of carbonyl (C=O) groups excluding carboxylic acids is 2. The highest BCUT2D eigenvalue weighted by Gasteiger charge is 2.34. The van der Waals surface area contributed by atoms with Crippen molar-refractivity contribution in [3.05, 3.63) is 68.2 Å². The SMILES string of the molecule is CCc1ccccc1N1CC(c2nnc(NC(=O)c3ccccc3I)s2)CC1=O. The van der Waals surface area contributed by atoms with Gasteiger partial charge in [0, 0.05) is 28.1 Å². The van der Waals surface area contributed by atoms with E-state index in [2.05, 4.69) is 51.1 Å². The maximum absolute atomic E-state index is 12.6. The Hall–Kier alpha value is -2.33. The van der Waals surface area contributed by atoms with Gasteiger partial charge in [-0.05, 0) is 52.8 Å². The van der Waals surface area contributed by atoms with Crippen molar-refractivity contribution >= 4 is 56.6 Å². The maximum atomic E-state index is 12.6. The van der Waals surface area contributed by atoms with E-state index in [1.807, 2.05) is 41.3 Å². The summed E-state index contributed by atoms with van der Waals surface area (Å²) in [7, 11) is 0. The van der Waals surface area contributed by atoms with Crippen LogP contribution in [0.4, 0.5) is 10.8 Å². The van der Waals surface area contributed by atoms with Gasteiger partial charge in [0.15, 0.2) is 0 Å². The third-order valence-corrected chi connectivity index (χ3v) is 6.86. The van der Waals surface area contributed by atoms with Crippen LogP contribution in [0.25, 0.3) is 0 Å². The number of nitrogens with one attached hydrogen (secondary N) is 1. The molecule has 1 unspecified atom stereocenters. The van der Waals surface area contributed by atoms with Crippen LogP contribution in [-0.4, -0.2) is 28.6 Å². The zero-order chi connectivity index (χ0) is 20.4. The number of carbonyl (C=O) groups is 2. The molecule has 3 aromatic rings. The Labute approximate surface area is 186 Å². The van der Waals surface area contributed by atoms with Crippen molar-refractivity contribution < 1.29 is 9.59 Å². The Balaban J connectivity index is 1.48. The number of rotatable bonds is 5. The van der Waals surface area contributed by atoms with E-state index in [4.69, 9.17) is 0 Å². The topological polar surface area (TPSA) is 75.2 Å². The number of hydrogen-bond donors (Lipinski definition) is 1. The van der Waals surface area contributed by atoms with Gasteiger partial charge >= 0.3 is 0 Å². The first-order valence-corrected chi connectivity index (χ1v) is 11.2. The summed E-state index contributed by atoms with van der Waals surface area (Å²) in [6.45, 7) is 2.67. The second-order valence-corrected chi connectivity index (χ2v) is 8.94. The Morgan fingerprint density at radius 3 is 2.76 bits per heavy atom. The fourth-order valence-corrected chi connectivity index (χ4v) is 4.90. The average Bonchev–Trinajstić information content (AvgIpc) is 3.34. The number of nitrogens with zero attached hydrogens (tertiary/aromatic N) is 3. The molecule has 2 heterocycles. The van der Waals surface area contributed by atoms with Crippen LogP contribution in [0.3, 0.4) is 0 Å². The molecule has 0 bridgehead atoms. The lowest BCUT2D eigenvalue weighted by molar-refractivity contribution is -0.117. The zero-order valence-corrected chi connectivity index (χ0v) is 18.7. The molecule has 1 saturated heterocycles. The predicted octanol–water partition coefficient (Wildman–Crippen LogP) is 4.48. The summed E-state index contributed by atoms with van der Waals surface area (Å²) in [6, 6.07) is 15.4. The highest BCUT2D eigenvalue weighted by Crippen LogP contribution is 2.35. The normalized spacial score (nSPS) is 16.3. The van der Waals surface area contributed by atoms with E-state index in [1.165, 1.54) is 11.3 Å². The van der Waals surface area contributed by atoms with Gasteiger partial charge in [-0.15, -0.1) is 10.2 Å². The van der Waals surface area contributed by atoms with Crippen molar-refractivity contribution in [2.24, 2.45) is 0 Å². The van der Waals surface area contributed by atoms with Crippen molar-refractivity contribution in [2.75, 3.05) is 16.8 Å². The minimum atomic E-state index is -0.210. The lowest BCUT2D eigenvalue weighted by Gasteiger charge is -2.19. The number of para-hydroxylation sites is 1. The van der Waals surface area contributed by atoms with Crippen molar-refractivity contribution in [3.8, 4) is 0 Å². The molecule has 0 radical (unpaired) electrons. The third kappa shape index (κ3) is 4.18. The van der Waals surface area contributed by atoms with E-state index < -0.39 is 0 Å². The molecule has 0 aliphatic carbocycles. The molecule has 2 aromatic carbocycles. The number of halogens is 1. The van der Waals surface area contributed by atoms with Gasteiger partial charge in [-0.25, -0.2) is 0 Å². The molecule has 8 heteroatoms. The number of amides is 2. The molecule has 0 spiro atoms. The van der Waals surface area contributed by atoms with Gasteiger partial charge in [0.05, 0.1) is 5.56 Å². The van der Waals surface area contributed by atoms with Crippen LogP contribution in [0, 0.1) is 3.57 Å². The van der Waals surface area contributed by atoms with E-state index in [0.29, 0.717) is 23.7 Å². The predicted molar refractivity (Wildman–Crippen MR) is 123 cm³/mol. The summed E-state index contributed by atoms with van der Waals surface area (Å²) in [4.78, 5) is 27.0. The second-order valence-electron chi connectivity index (χ2n) is 6.77. The summed E-state index contributed by atoms with van der Waals surface area (Å²) in [5.74, 6) is -0.137. The largest absolute Gasteiger partial charge is 0.311 e. The Kier molecular flexibility index (Phi) is 5.91. The minimum Gasteiger partial charge on any atom is -0.311 e. The molecule has 1 aliphatic rings. The zero-order valence-electron chi connectivity index (χ0n) is 15.8. The Morgan fingerprint density at radius 2 is 1.97 bits per heavy atom. The van der Waals surface area contributed by atoms with Crippen LogP contribution < -0.4 is 10.2 Å². The van der Waals surface area contributed by atoms with Gasteiger partial charge in [0.1, 0.15) is 5.01 Å². The Bertz CT molecular complexity index is 1070. The summed E-state index contributed by atoms with van der Waals surface area (Å²) in [5.41, 5.74) is 2.73. The van der Waals surface area contributed by atoms with E-state index >= 15 is 0 Å². The fourth-order valence-electron chi connectivity index (χ4n) is 3.44. The first-order valence-electron chi connectivity index (χ1n) is 9.34. The van der Waals surface area contributed by atoms with Gasteiger partial charge in [0.2, 0.25) is 11.0 Å². The van der Waals surface area contributed by atoms with Crippen LogP contribution in [0.15, 0.2) is 48.5 Å². The maximum Gasteiger partial charge on any atom is 0.258 e. The summed E-state index contributed by atoms with van der Waals surface area (Å²) in [5, 5.41) is 12.4. The lowest BCUT2D eigenvalue weighted by Crippen LogP contribution is -2.25. The van der Waals surface area contributed by atoms with Gasteiger partial charge in [-0.3, -0.25) is 14.9 Å². The van der Waals surface area contributed by atoms with Crippen molar-refractivity contribution in [1.82, 2.24) is 10.2 Å². The van der Waals surface area contributed by atoms with Crippen molar-refractivity contribution in [3.63, 3.8) is 0 Å². The van der Waals surface area contributed by atoms with Gasteiger partial charge in [0.25, 0.3) is 5.91 Å². The highest BCUT2D eigenvalue weighted by molar-refractivity contribution is 14.1. The number of aryl methyl sites for hydroxylation is 1. The number of anilines is 2. The molecule has 1 fully saturated rings. The molecule has 1 N–H and O–H groups in total. The van der Waals surface area contributed by atoms with E-state index in [9.17, 15) is 9.59 Å². The van der Waals surface area contributed by atoms with Gasteiger partial charge in [-0.1, -0.05) is 48.6 Å². The molecule has 148 valence electrons.